The second-order valence-electron chi connectivity index (χ2n) is 8.08. The lowest BCUT2D eigenvalue weighted by Gasteiger charge is -2.29. The van der Waals surface area contributed by atoms with Crippen LogP contribution in [0.2, 0.25) is 0 Å². The highest BCUT2D eigenvalue weighted by Crippen LogP contribution is 2.11. The van der Waals surface area contributed by atoms with Gasteiger partial charge in [-0.1, -0.05) is 40.5 Å². The van der Waals surface area contributed by atoms with Crippen molar-refractivity contribution in [1.82, 2.24) is 16.0 Å². The van der Waals surface area contributed by atoms with Gasteiger partial charge in [-0.3, -0.25) is 14.4 Å². The average molecular weight is 446 g/mol. The Morgan fingerprint density at radius 3 is 1.90 bits per heavy atom. The number of hydrogen-bond acceptors (Lipinski definition) is 7. The molecule has 11 heteroatoms. The number of aliphatic carboxylic acids is 1. The Bertz CT molecular complexity index is 601. The van der Waals surface area contributed by atoms with Gasteiger partial charge in [0, 0.05) is 0 Å². The maximum absolute atomic E-state index is 12.9. The number of unbranched alkanes of at least 4 members (excludes halogenated alkanes) is 1. The first kappa shape index (κ1) is 28.8. The Morgan fingerprint density at radius 2 is 1.45 bits per heavy atom. The van der Waals surface area contributed by atoms with E-state index in [0.717, 1.165) is 6.42 Å². The molecule has 180 valence electrons. The van der Waals surface area contributed by atoms with E-state index in [1.54, 1.807) is 20.8 Å². The molecule has 0 rings (SSSR count). The van der Waals surface area contributed by atoms with Crippen LogP contribution in [0, 0.1) is 11.8 Å². The van der Waals surface area contributed by atoms with Crippen LogP contribution in [0.3, 0.4) is 0 Å². The fraction of sp³-hybridized carbons (Fsp3) is 0.800. The van der Waals surface area contributed by atoms with E-state index in [4.69, 9.17) is 21.7 Å². The lowest BCUT2D eigenvalue weighted by molar-refractivity contribution is -0.143. The first-order chi connectivity index (χ1) is 14.5. The predicted molar refractivity (Wildman–Crippen MR) is 116 cm³/mol. The minimum absolute atomic E-state index is 0.287. The lowest BCUT2D eigenvalue weighted by atomic mass is 9.96. The monoisotopic (exact) mass is 445 g/mol. The van der Waals surface area contributed by atoms with E-state index < -0.39 is 54.5 Å². The van der Waals surface area contributed by atoms with Crippen LogP contribution in [0.25, 0.3) is 0 Å². The summed E-state index contributed by atoms with van der Waals surface area (Å²) < 4.78 is 0. The molecule has 0 aliphatic heterocycles. The maximum Gasteiger partial charge on any atom is 0.328 e. The number of carboxylic acid groups (broad SMARTS) is 1. The molecule has 0 bridgehead atoms. The molecule has 0 radical (unpaired) electrons. The molecular weight excluding hydrogens is 406 g/mol. The Labute approximate surface area is 183 Å². The van der Waals surface area contributed by atoms with Gasteiger partial charge in [-0.25, -0.2) is 4.79 Å². The molecule has 0 saturated heterocycles. The van der Waals surface area contributed by atoms with E-state index in [-0.39, 0.29) is 11.8 Å². The Balaban J connectivity index is 5.29. The number of amides is 3. The first-order valence-corrected chi connectivity index (χ1v) is 10.7. The minimum atomic E-state index is -1.48. The second-order valence-corrected chi connectivity index (χ2v) is 8.08. The van der Waals surface area contributed by atoms with E-state index in [1.807, 2.05) is 6.92 Å². The van der Waals surface area contributed by atoms with Gasteiger partial charge in [-0.15, -0.1) is 0 Å². The third-order valence-electron chi connectivity index (χ3n) is 5.14. The van der Waals surface area contributed by atoms with Crippen molar-refractivity contribution >= 4 is 23.7 Å². The molecule has 31 heavy (non-hydrogen) atoms. The fourth-order valence-electron chi connectivity index (χ4n) is 2.83. The van der Waals surface area contributed by atoms with E-state index in [9.17, 15) is 19.2 Å². The zero-order chi connectivity index (χ0) is 24.1. The van der Waals surface area contributed by atoms with Crippen LogP contribution in [0.15, 0.2) is 0 Å². The van der Waals surface area contributed by atoms with Crippen molar-refractivity contribution < 1.29 is 29.4 Å². The quantitative estimate of drug-likeness (QED) is 0.150. The number of carbonyl (C=O) groups is 4. The number of carbonyl (C=O) groups excluding carboxylic acids is 3. The van der Waals surface area contributed by atoms with Gasteiger partial charge in [0.1, 0.15) is 18.1 Å². The van der Waals surface area contributed by atoms with Gasteiger partial charge in [0.25, 0.3) is 0 Å². The smallest absolute Gasteiger partial charge is 0.328 e. The molecule has 3 amide bonds. The number of nitrogens with one attached hydrogen (secondary N) is 3. The van der Waals surface area contributed by atoms with Crippen molar-refractivity contribution in [1.29, 1.82) is 0 Å². The third kappa shape index (κ3) is 10.1. The number of rotatable bonds is 15. The Hall–Kier alpha value is -2.24. The fourth-order valence-corrected chi connectivity index (χ4v) is 2.83. The van der Waals surface area contributed by atoms with Crippen LogP contribution in [0.5, 0.6) is 0 Å². The summed E-state index contributed by atoms with van der Waals surface area (Å²) in [5.41, 5.74) is 11.3. The summed E-state index contributed by atoms with van der Waals surface area (Å²) in [5.74, 6) is -3.77. The molecule has 0 heterocycles. The number of nitrogens with two attached hydrogens (primary N) is 2. The van der Waals surface area contributed by atoms with Crippen LogP contribution in [-0.4, -0.2) is 71.2 Å². The zero-order valence-corrected chi connectivity index (χ0v) is 18.9. The summed E-state index contributed by atoms with van der Waals surface area (Å²) in [6.07, 6.45) is 2.40. The maximum atomic E-state index is 12.9. The van der Waals surface area contributed by atoms with Crippen molar-refractivity contribution in [3.63, 3.8) is 0 Å². The van der Waals surface area contributed by atoms with E-state index in [1.165, 1.54) is 0 Å². The topological polar surface area (TPSA) is 197 Å². The molecule has 0 fully saturated rings. The third-order valence-corrected chi connectivity index (χ3v) is 5.14. The highest BCUT2D eigenvalue weighted by atomic mass is 16.4. The van der Waals surface area contributed by atoms with Crippen molar-refractivity contribution in [3.8, 4) is 0 Å². The molecular formula is C20H39N5O6. The number of hydrogen-bond donors (Lipinski definition) is 7. The number of aliphatic hydroxyl groups is 1. The normalized spacial score (nSPS) is 16.0. The molecule has 5 unspecified atom stereocenters. The molecule has 0 aromatic carbocycles. The SMILES string of the molecule is CCC(C)C(NC(=O)C(NC(=O)C(N)CCCCN)C(C)C)C(=O)NC(CO)C(=O)O. The minimum Gasteiger partial charge on any atom is -0.480 e. The molecule has 0 aliphatic rings. The van der Waals surface area contributed by atoms with Crippen LogP contribution in [-0.2, 0) is 19.2 Å². The summed E-state index contributed by atoms with van der Waals surface area (Å²) in [7, 11) is 0. The summed E-state index contributed by atoms with van der Waals surface area (Å²) in [4.78, 5) is 49.0. The molecule has 11 nitrogen and oxygen atoms in total. The second kappa shape index (κ2) is 14.7. The van der Waals surface area contributed by atoms with Crippen LogP contribution in [0.4, 0.5) is 0 Å². The Kier molecular flexibility index (Phi) is 13.6. The van der Waals surface area contributed by atoms with Crippen molar-refractivity contribution in [3.05, 3.63) is 0 Å². The molecule has 9 N–H and O–H groups in total. The molecule has 5 atom stereocenters. The zero-order valence-electron chi connectivity index (χ0n) is 18.9. The number of aliphatic hydroxyl groups excluding tert-OH is 1. The van der Waals surface area contributed by atoms with E-state index in [0.29, 0.717) is 25.8 Å². The molecule has 0 aromatic rings. The molecule has 0 saturated carbocycles. The Morgan fingerprint density at radius 1 is 0.903 bits per heavy atom. The van der Waals surface area contributed by atoms with Crippen LogP contribution < -0.4 is 27.4 Å². The van der Waals surface area contributed by atoms with Crippen LogP contribution >= 0.6 is 0 Å². The number of carboxylic acids is 1. The van der Waals surface area contributed by atoms with Gasteiger partial charge in [-0.05, 0) is 31.2 Å². The van der Waals surface area contributed by atoms with Gasteiger partial charge in [0.2, 0.25) is 17.7 Å². The van der Waals surface area contributed by atoms with Gasteiger partial charge in [0.05, 0.1) is 12.6 Å². The highest BCUT2D eigenvalue weighted by Gasteiger charge is 2.33. The van der Waals surface area contributed by atoms with Crippen LogP contribution in [0.1, 0.15) is 53.4 Å². The summed E-state index contributed by atoms with van der Waals surface area (Å²) in [6, 6.07) is -4.24. The summed E-state index contributed by atoms with van der Waals surface area (Å²) in [6.45, 7) is 6.76. The lowest BCUT2D eigenvalue weighted by Crippen LogP contribution is -2.60. The van der Waals surface area contributed by atoms with Crippen molar-refractivity contribution in [2.45, 2.75) is 77.5 Å². The van der Waals surface area contributed by atoms with Gasteiger partial charge in [-0.2, -0.15) is 0 Å². The van der Waals surface area contributed by atoms with Crippen molar-refractivity contribution in [2.24, 2.45) is 23.3 Å². The molecule has 0 aromatic heterocycles. The van der Waals surface area contributed by atoms with Gasteiger partial charge >= 0.3 is 5.97 Å². The van der Waals surface area contributed by atoms with E-state index >= 15 is 0 Å². The highest BCUT2D eigenvalue weighted by molar-refractivity contribution is 5.94. The largest absolute Gasteiger partial charge is 0.480 e. The van der Waals surface area contributed by atoms with Gasteiger partial charge < -0.3 is 37.6 Å². The summed E-state index contributed by atoms with van der Waals surface area (Å²) in [5, 5.41) is 25.7. The van der Waals surface area contributed by atoms with Gasteiger partial charge in [0.15, 0.2) is 0 Å². The standard InChI is InChI=1S/C20H39N5O6/c1-5-12(4)16(19(29)23-14(10-26)20(30)31)25-18(28)15(11(2)3)24-17(27)13(22)8-6-7-9-21/h11-16,26H,5-10,21-22H2,1-4H3,(H,23,29)(H,24,27)(H,25,28)(H,30,31). The van der Waals surface area contributed by atoms with Crippen molar-refractivity contribution in [2.75, 3.05) is 13.2 Å². The first-order valence-electron chi connectivity index (χ1n) is 10.7. The molecule has 0 spiro atoms. The van der Waals surface area contributed by atoms with E-state index in [2.05, 4.69) is 16.0 Å². The molecule has 0 aliphatic carbocycles. The summed E-state index contributed by atoms with van der Waals surface area (Å²) >= 11 is 0. The predicted octanol–water partition coefficient (Wildman–Crippen LogP) is -1.32. The average Bonchev–Trinajstić information content (AvgIpc) is 2.72.